The number of hydrogen-bond acceptors (Lipinski definition) is 6. The number of ether oxygens (including phenoxy) is 1. The van der Waals surface area contributed by atoms with Crippen LogP contribution < -0.4 is 10.1 Å². The summed E-state index contributed by atoms with van der Waals surface area (Å²) in [4.78, 5) is 20.8. The van der Waals surface area contributed by atoms with Gasteiger partial charge in [-0.25, -0.2) is 9.37 Å². The second kappa shape index (κ2) is 9.38. The van der Waals surface area contributed by atoms with E-state index in [0.717, 1.165) is 0 Å². The molecule has 4 aromatic rings. The number of carbonyl (C=O) groups is 1. The first-order valence-electron chi connectivity index (χ1n) is 13.1. The molecule has 1 N–H and O–H groups in total. The van der Waals surface area contributed by atoms with Gasteiger partial charge in [-0.3, -0.25) is 14.3 Å². The molecule has 0 unspecified atom stereocenters. The lowest BCUT2D eigenvalue weighted by molar-refractivity contribution is 0.0902. The number of rotatable bonds is 7. The van der Waals surface area contributed by atoms with Gasteiger partial charge >= 0.3 is 0 Å². The van der Waals surface area contributed by atoms with Crippen LogP contribution in [0, 0.1) is 5.82 Å². The number of aromatic nitrogens is 5. The molecule has 34 heavy (non-hydrogen) atoms. The molecule has 0 radical (unpaired) electrons. The zero-order valence-electron chi connectivity index (χ0n) is 22.9. The molecule has 0 spiro atoms. The molecule has 5 rings (SSSR count). The lowest BCUT2D eigenvalue weighted by Gasteiger charge is -2.35. The number of amides is 1. The van der Waals surface area contributed by atoms with E-state index in [1.807, 2.05) is 0 Å². The number of nitrogens with zero attached hydrogens (tertiary/aromatic N) is 5. The quantitative estimate of drug-likeness (QED) is 0.446. The SMILES string of the molecule is [2H]C([2H])([2H])C([2H])([2H])Oc1ccc(-c2nnc(C3CC(NC(=O)c4ccccn4)C3)n2-c2ccccc2F)nc1. The van der Waals surface area contributed by atoms with Crippen molar-refractivity contribution in [1.82, 2.24) is 30.0 Å². The van der Waals surface area contributed by atoms with E-state index in [9.17, 15) is 9.18 Å². The largest absolute Gasteiger partial charge is 0.492 e. The second-order valence-electron chi connectivity index (χ2n) is 7.81. The third kappa shape index (κ3) is 4.24. The summed E-state index contributed by atoms with van der Waals surface area (Å²) >= 11 is 0. The van der Waals surface area contributed by atoms with Crippen LogP contribution in [0.1, 0.15) is 48.8 Å². The molecule has 172 valence electrons. The van der Waals surface area contributed by atoms with Gasteiger partial charge in [0.15, 0.2) is 5.82 Å². The van der Waals surface area contributed by atoms with Crippen LogP contribution in [-0.4, -0.2) is 43.2 Å². The number of halogens is 1. The smallest absolute Gasteiger partial charge is 0.270 e. The summed E-state index contributed by atoms with van der Waals surface area (Å²) in [6.45, 7) is -5.91. The normalized spacial score (nSPS) is 20.1. The molecule has 3 aromatic heterocycles. The zero-order valence-corrected chi connectivity index (χ0v) is 17.9. The van der Waals surface area contributed by atoms with Gasteiger partial charge in [-0.2, -0.15) is 0 Å². The molecule has 1 aromatic carbocycles. The monoisotopic (exact) mass is 463 g/mol. The molecule has 9 heteroatoms. The highest BCUT2D eigenvalue weighted by atomic mass is 19.1. The van der Waals surface area contributed by atoms with Crippen molar-refractivity contribution in [3.05, 3.63) is 84.3 Å². The third-order valence-electron chi connectivity index (χ3n) is 5.65. The lowest BCUT2D eigenvalue weighted by atomic mass is 9.79. The van der Waals surface area contributed by atoms with Gasteiger partial charge in [0.05, 0.1) is 21.2 Å². The van der Waals surface area contributed by atoms with Crippen molar-refractivity contribution in [2.45, 2.75) is 31.7 Å². The maximum absolute atomic E-state index is 14.9. The number of carbonyl (C=O) groups excluding carboxylic acids is 1. The van der Waals surface area contributed by atoms with Crippen molar-refractivity contribution in [1.29, 1.82) is 0 Å². The van der Waals surface area contributed by atoms with E-state index in [4.69, 9.17) is 11.6 Å². The van der Waals surface area contributed by atoms with Crippen molar-refractivity contribution < 1.29 is 20.8 Å². The lowest BCUT2D eigenvalue weighted by Crippen LogP contribution is -2.44. The van der Waals surface area contributed by atoms with Gasteiger partial charge in [-0.15, -0.1) is 10.2 Å². The van der Waals surface area contributed by atoms with Gasteiger partial charge in [-0.05, 0) is 56.1 Å². The van der Waals surface area contributed by atoms with Crippen molar-refractivity contribution in [3.63, 3.8) is 0 Å². The fourth-order valence-electron chi connectivity index (χ4n) is 3.93. The Hall–Kier alpha value is -4.14. The molecular formula is C25H23FN6O2. The van der Waals surface area contributed by atoms with Crippen LogP contribution in [0.3, 0.4) is 0 Å². The Morgan fingerprint density at radius 2 is 2.03 bits per heavy atom. The van der Waals surface area contributed by atoms with Gasteiger partial charge in [0.2, 0.25) is 0 Å². The molecule has 1 fully saturated rings. The Balaban J connectivity index is 1.40. The molecule has 1 amide bonds. The van der Waals surface area contributed by atoms with Crippen LogP contribution in [0.5, 0.6) is 5.75 Å². The average Bonchev–Trinajstić information content (AvgIpc) is 3.30. The number of benzene rings is 1. The Kier molecular flexibility index (Phi) is 4.55. The van der Waals surface area contributed by atoms with Crippen molar-refractivity contribution >= 4 is 5.91 Å². The fourth-order valence-corrected chi connectivity index (χ4v) is 3.93. The first-order valence-corrected chi connectivity index (χ1v) is 10.6. The number of nitrogens with one attached hydrogen (secondary N) is 1. The molecule has 1 aliphatic carbocycles. The summed E-state index contributed by atoms with van der Waals surface area (Å²) in [5.74, 6) is -0.244. The zero-order chi connectivity index (χ0) is 27.8. The molecule has 0 bridgehead atoms. The topological polar surface area (TPSA) is 94.8 Å². The summed E-state index contributed by atoms with van der Waals surface area (Å²) in [5, 5.41) is 11.5. The summed E-state index contributed by atoms with van der Waals surface area (Å²) in [5.41, 5.74) is 0.829. The molecule has 3 heterocycles. The Morgan fingerprint density at radius 1 is 1.18 bits per heavy atom. The minimum atomic E-state index is -3.00. The minimum Gasteiger partial charge on any atom is -0.492 e. The van der Waals surface area contributed by atoms with Crippen molar-refractivity contribution in [2.24, 2.45) is 0 Å². The standard InChI is InChI=1S/C25H23FN6O2/c1-2-34-18-10-11-20(28-15-18)24-31-30-23(32(24)22-9-4-3-7-19(22)26)16-13-17(14-16)29-25(33)21-8-5-6-12-27-21/h3-12,15-17H,2,13-14H2,1H3,(H,29,33)/i1D3,2D2. The van der Waals surface area contributed by atoms with E-state index >= 15 is 0 Å². The predicted molar refractivity (Wildman–Crippen MR) is 123 cm³/mol. The van der Waals surface area contributed by atoms with E-state index < -0.39 is 19.2 Å². The van der Waals surface area contributed by atoms with Crippen LogP contribution in [-0.2, 0) is 0 Å². The molecule has 0 atom stereocenters. The van der Waals surface area contributed by atoms with E-state index in [2.05, 4.69) is 25.5 Å². The first-order chi connectivity index (χ1) is 18.5. The van der Waals surface area contributed by atoms with Gasteiger partial charge in [0, 0.05) is 22.3 Å². The summed E-state index contributed by atoms with van der Waals surface area (Å²) in [7, 11) is 0. The molecular weight excluding hydrogens is 435 g/mol. The van der Waals surface area contributed by atoms with Gasteiger partial charge in [-0.1, -0.05) is 18.2 Å². The van der Waals surface area contributed by atoms with Crippen LogP contribution >= 0.6 is 0 Å². The second-order valence-corrected chi connectivity index (χ2v) is 7.81. The fraction of sp³-hybridized carbons (Fsp3) is 0.240. The summed E-state index contributed by atoms with van der Waals surface area (Å²) in [6.07, 6.45) is 3.85. The average molecular weight is 464 g/mol. The number of hydrogen-bond donors (Lipinski definition) is 1. The minimum absolute atomic E-state index is 0.0949. The molecule has 1 aliphatic rings. The highest BCUT2D eigenvalue weighted by molar-refractivity contribution is 5.92. The van der Waals surface area contributed by atoms with Crippen LogP contribution in [0.15, 0.2) is 67.0 Å². The Bertz CT molecular complexity index is 1470. The van der Waals surface area contributed by atoms with E-state index in [1.54, 1.807) is 47.2 Å². The highest BCUT2D eigenvalue weighted by Crippen LogP contribution is 2.39. The predicted octanol–water partition coefficient (Wildman–Crippen LogP) is 3.94. The van der Waals surface area contributed by atoms with Crippen molar-refractivity contribution in [2.75, 3.05) is 6.56 Å². The maximum atomic E-state index is 14.9. The van der Waals surface area contributed by atoms with Crippen molar-refractivity contribution in [3.8, 4) is 23.0 Å². The molecule has 0 saturated heterocycles. The van der Waals surface area contributed by atoms with E-state index in [-0.39, 0.29) is 40.8 Å². The summed E-state index contributed by atoms with van der Waals surface area (Å²) < 4.78 is 58.7. The van der Waals surface area contributed by atoms with Gasteiger partial charge in [0.1, 0.15) is 28.8 Å². The third-order valence-corrected chi connectivity index (χ3v) is 5.65. The first kappa shape index (κ1) is 16.5. The van der Waals surface area contributed by atoms with E-state index in [1.165, 1.54) is 24.4 Å². The Labute approximate surface area is 202 Å². The van der Waals surface area contributed by atoms with Gasteiger partial charge in [0.25, 0.3) is 5.91 Å². The number of pyridine rings is 2. The van der Waals surface area contributed by atoms with Crippen LogP contribution in [0.4, 0.5) is 4.39 Å². The molecule has 0 aliphatic heterocycles. The maximum Gasteiger partial charge on any atom is 0.270 e. The highest BCUT2D eigenvalue weighted by Gasteiger charge is 2.36. The number of para-hydroxylation sites is 1. The molecule has 8 nitrogen and oxygen atoms in total. The summed E-state index contributed by atoms with van der Waals surface area (Å²) in [6, 6.07) is 14.0. The van der Waals surface area contributed by atoms with Crippen LogP contribution in [0.25, 0.3) is 17.2 Å². The van der Waals surface area contributed by atoms with E-state index in [0.29, 0.717) is 24.4 Å². The molecule has 1 saturated carbocycles. The van der Waals surface area contributed by atoms with Gasteiger partial charge < -0.3 is 10.1 Å². The Morgan fingerprint density at radius 3 is 2.76 bits per heavy atom. The van der Waals surface area contributed by atoms with Crippen LogP contribution in [0.2, 0.25) is 0 Å².